The van der Waals surface area contributed by atoms with E-state index in [1.807, 2.05) is 28.9 Å². The van der Waals surface area contributed by atoms with Gasteiger partial charge in [-0.05, 0) is 72.7 Å². The van der Waals surface area contributed by atoms with E-state index in [2.05, 4.69) is 58.2 Å². The van der Waals surface area contributed by atoms with Gasteiger partial charge in [-0.1, -0.05) is 19.1 Å². The maximum atomic E-state index is 13.3. The van der Waals surface area contributed by atoms with Crippen LogP contribution >= 0.6 is 0 Å². The third-order valence-corrected chi connectivity index (χ3v) is 6.48. The van der Waals surface area contributed by atoms with E-state index in [1.165, 1.54) is 12.1 Å². The van der Waals surface area contributed by atoms with Crippen LogP contribution in [0, 0.1) is 5.82 Å². The van der Waals surface area contributed by atoms with Crippen molar-refractivity contribution in [2.75, 3.05) is 38.2 Å². The average molecular weight is 439 g/mol. The molecule has 3 aromatic rings. The number of piperazine rings is 1. The molecular weight excluding hydrogens is 407 g/mol. The highest BCUT2D eigenvalue weighted by atomic mass is 19.1. The lowest BCUT2D eigenvalue weighted by Crippen LogP contribution is -2.48. The number of hydrogen-bond donors (Lipinski definition) is 0. The van der Waals surface area contributed by atoms with E-state index in [0.29, 0.717) is 0 Å². The molecule has 0 spiro atoms. The highest BCUT2D eigenvalue weighted by molar-refractivity contribution is 5.46. The molecule has 1 aromatic heterocycles. The van der Waals surface area contributed by atoms with Crippen molar-refractivity contribution in [3.63, 3.8) is 0 Å². The van der Waals surface area contributed by atoms with Crippen LogP contribution in [-0.2, 0) is 5.54 Å². The molecule has 1 fully saturated rings. The summed E-state index contributed by atoms with van der Waals surface area (Å²) in [4.78, 5) is 4.72. The van der Waals surface area contributed by atoms with Crippen molar-refractivity contribution in [2.45, 2.75) is 38.8 Å². The zero-order valence-corrected chi connectivity index (χ0v) is 19.2. The highest BCUT2D eigenvalue weighted by Gasteiger charge is 2.34. The molecule has 0 N–H and O–H groups in total. The molecule has 170 valence electrons. The number of tetrazole rings is 1. The van der Waals surface area contributed by atoms with Crippen LogP contribution in [-0.4, -0.2) is 58.4 Å². The van der Waals surface area contributed by atoms with Crippen LogP contribution in [0.15, 0.2) is 48.5 Å². The van der Waals surface area contributed by atoms with E-state index in [4.69, 9.17) is 4.74 Å². The lowest BCUT2D eigenvalue weighted by Gasteiger charge is -2.40. The molecule has 0 amide bonds. The van der Waals surface area contributed by atoms with Crippen molar-refractivity contribution < 1.29 is 9.13 Å². The van der Waals surface area contributed by atoms with Crippen LogP contribution in [0.4, 0.5) is 10.1 Å². The summed E-state index contributed by atoms with van der Waals surface area (Å²) in [5, 5.41) is 12.9. The van der Waals surface area contributed by atoms with Gasteiger partial charge in [0.2, 0.25) is 0 Å². The molecule has 2 aromatic carbocycles. The summed E-state index contributed by atoms with van der Waals surface area (Å²) < 4.78 is 20.7. The number of hydrogen-bond acceptors (Lipinski definition) is 6. The third-order valence-electron chi connectivity index (χ3n) is 6.48. The van der Waals surface area contributed by atoms with Crippen LogP contribution in [0.5, 0.6) is 5.75 Å². The molecule has 32 heavy (non-hydrogen) atoms. The van der Waals surface area contributed by atoms with Crippen molar-refractivity contribution in [1.29, 1.82) is 0 Å². The van der Waals surface area contributed by atoms with Crippen molar-refractivity contribution in [2.24, 2.45) is 0 Å². The number of benzene rings is 2. The standard InChI is InChI=1S/C24H31FN6O/c1-5-24(2,3)31-23(26-27-28-31)22(18-6-12-21(32-4)13-7-18)30-16-14-29(15-17-30)20-10-8-19(25)9-11-20/h6-13,22H,5,14-17H2,1-4H3. The van der Waals surface area contributed by atoms with Gasteiger partial charge >= 0.3 is 0 Å². The van der Waals surface area contributed by atoms with Gasteiger partial charge in [0.15, 0.2) is 5.82 Å². The van der Waals surface area contributed by atoms with E-state index in [9.17, 15) is 4.39 Å². The van der Waals surface area contributed by atoms with E-state index in [1.54, 1.807) is 7.11 Å². The van der Waals surface area contributed by atoms with Crippen LogP contribution in [0.3, 0.4) is 0 Å². The minimum atomic E-state index is -0.211. The summed E-state index contributed by atoms with van der Waals surface area (Å²) in [6, 6.07) is 14.8. The molecular formula is C24H31FN6O. The van der Waals surface area contributed by atoms with Gasteiger partial charge in [-0.25, -0.2) is 9.07 Å². The predicted molar refractivity (Wildman–Crippen MR) is 122 cm³/mol. The largest absolute Gasteiger partial charge is 0.497 e. The number of ether oxygens (including phenoxy) is 1. The molecule has 7 nitrogen and oxygen atoms in total. The number of rotatable bonds is 7. The van der Waals surface area contributed by atoms with Gasteiger partial charge in [-0.15, -0.1) is 5.10 Å². The van der Waals surface area contributed by atoms with Gasteiger partial charge in [-0.3, -0.25) is 4.90 Å². The Morgan fingerprint density at radius 2 is 1.66 bits per heavy atom. The second-order valence-corrected chi connectivity index (χ2v) is 8.79. The Bertz CT molecular complexity index is 1010. The van der Waals surface area contributed by atoms with Gasteiger partial charge in [0.25, 0.3) is 0 Å². The average Bonchev–Trinajstić information content (AvgIpc) is 3.31. The summed E-state index contributed by atoms with van der Waals surface area (Å²) in [6.45, 7) is 9.83. The Morgan fingerprint density at radius 1 is 1.00 bits per heavy atom. The fourth-order valence-corrected chi connectivity index (χ4v) is 4.15. The smallest absolute Gasteiger partial charge is 0.173 e. The normalized spacial score (nSPS) is 16.2. The SMILES string of the molecule is CCC(C)(C)n1nnnc1C(c1ccc(OC)cc1)N1CCN(c2ccc(F)cc2)CC1. The van der Waals surface area contributed by atoms with Crippen LogP contribution < -0.4 is 9.64 Å². The molecule has 1 saturated heterocycles. The molecule has 1 aliphatic heterocycles. The minimum absolute atomic E-state index is 0.0721. The summed E-state index contributed by atoms with van der Waals surface area (Å²) in [6.07, 6.45) is 0.915. The second kappa shape index (κ2) is 9.24. The monoisotopic (exact) mass is 438 g/mol. The van der Waals surface area contributed by atoms with E-state index < -0.39 is 0 Å². The van der Waals surface area contributed by atoms with Gasteiger partial charge < -0.3 is 9.64 Å². The van der Waals surface area contributed by atoms with Gasteiger partial charge in [0, 0.05) is 31.9 Å². The fourth-order valence-electron chi connectivity index (χ4n) is 4.15. The first-order valence-corrected chi connectivity index (χ1v) is 11.1. The van der Waals surface area contributed by atoms with E-state index in [-0.39, 0.29) is 17.4 Å². The third kappa shape index (κ3) is 4.46. The lowest BCUT2D eigenvalue weighted by atomic mass is 9.99. The first-order valence-electron chi connectivity index (χ1n) is 11.1. The minimum Gasteiger partial charge on any atom is -0.497 e. The molecule has 1 atom stereocenters. The van der Waals surface area contributed by atoms with E-state index >= 15 is 0 Å². The van der Waals surface area contributed by atoms with Crippen LogP contribution in [0.25, 0.3) is 0 Å². The zero-order valence-electron chi connectivity index (χ0n) is 19.2. The first-order chi connectivity index (χ1) is 15.4. The summed E-state index contributed by atoms with van der Waals surface area (Å²) >= 11 is 0. The molecule has 4 rings (SSSR count). The predicted octanol–water partition coefficient (Wildman–Crippen LogP) is 3.88. The highest BCUT2D eigenvalue weighted by Crippen LogP contribution is 2.33. The molecule has 0 aliphatic carbocycles. The van der Waals surface area contributed by atoms with Crippen molar-refractivity contribution in [1.82, 2.24) is 25.1 Å². The summed E-state index contributed by atoms with van der Waals surface area (Å²) in [5.41, 5.74) is 1.98. The van der Waals surface area contributed by atoms with Crippen molar-refractivity contribution in [3.05, 3.63) is 65.7 Å². The maximum absolute atomic E-state index is 13.3. The van der Waals surface area contributed by atoms with Gasteiger partial charge in [0.1, 0.15) is 11.6 Å². The Balaban J connectivity index is 1.63. The number of nitrogens with zero attached hydrogens (tertiary/aromatic N) is 6. The Morgan fingerprint density at radius 3 is 2.25 bits per heavy atom. The van der Waals surface area contributed by atoms with Gasteiger partial charge in [-0.2, -0.15) is 0 Å². The van der Waals surface area contributed by atoms with Crippen LogP contribution in [0.2, 0.25) is 0 Å². The summed E-state index contributed by atoms with van der Waals surface area (Å²) in [5.74, 6) is 1.46. The maximum Gasteiger partial charge on any atom is 0.173 e. The Kier molecular flexibility index (Phi) is 6.41. The van der Waals surface area contributed by atoms with E-state index in [0.717, 1.165) is 55.4 Å². The van der Waals surface area contributed by atoms with Crippen molar-refractivity contribution >= 4 is 5.69 Å². The molecule has 0 radical (unpaired) electrons. The number of aromatic nitrogens is 4. The molecule has 0 saturated carbocycles. The molecule has 1 unspecified atom stereocenters. The molecule has 0 bridgehead atoms. The number of halogens is 1. The lowest BCUT2D eigenvalue weighted by molar-refractivity contribution is 0.187. The topological polar surface area (TPSA) is 59.3 Å². The fraction of sp³-hybridized carbons (Fsp3) is 0.458. The molecule has 2 heterocycles. The molecule has 8 heteroatoms. The van der Waals surface area contributed by atoms with Crippen LogP contribution in [0.1, 0.15) is 44.6 Å². The number of anilines is 1. The number of methoxy groups -OCH3 is 1. The Hall–Kier alpha value is -3.00. The quantitative estimate of drug-likeness (QED) is 0.558. The first kappa shape index (κ1) is 22.2. The zero-order chi connectivity index (χ0) is 22.7. The second-order valence-electron chi connectivity index (χ2n) is 8.79. The summed E-state index contributed by atoms with van der Waals surface area (Å²) in [7, 11) is 1.67. The Labute approximate surface area is 188 Å². The van der Waals surface area contributed by atoms with Crippen molar-refractivity contribution in [3.8, 4) is 5.75 Å². The van der Waals surface area contributed by atoms with Gasteiger partial charge in [0.05, 0.1) is 18.7 Å². The molecule has 1 aliphatic rings.